The van der Waals surface area contributed by atoms with Gasteiger partial charge in [-0.2, -0.15) is 0 Å². The lowest BCUT2D eigenvalue weighted by molar-refractivity contribution is -0.140. The van der Waals surface area contributed by atoms with Gasteiger partial charge in [0.2, 0.25) is 5.91 Å². The van der Waals surface area contributed by atoms with Crippen molar-refractivity contribution in [2.24, 2.45) is 5.92 Å². The molecule has 0 aromatic heterocycles. The van der Waals surface area contributed by atoms with Gasteiger partial charge in [0.1, 0.15) is 0 Å². The van der Waals surface area contributed by atoms with E-state index in [2.05, 4.69) is 10.2 Å². The summed E-state index contributed by atoms with van der Waals surface area (Å²) in [5.41, 5.74) is 0. The van der Waals surface area contributed by atoms with Crippen molar-refractivity contribution in [1.29, 1.82) is 0 Å². The van der Waals surface area contributed by atoms with Gasteiger partial charge in [0.25, 0.3) is 0 Å². The first-order chi connectivity index (χ1) is 7.83. The van der Waals surface area contributed by atoms with Crippen molar-refractivity contribution in [3.63, 3.8) is 0 Å². The highest BCUT2D eigenvalue weighted by atomic mass is 16.5. The molecule has 0 bridgehead atoms. The van der Waals surface area contributed by atoms with E-state index in [0.717, 1.165) is 38.9 Å². The molecular weight excluding hydrogens is 204 g/mol. The molecule has 2 aliphatic heterocycles. The molecule has 2 heterocycles. The second-order valence-corrected chi connectivity index (χ2v) is 4.83. The first kappa shape index (κ1) is 11.9. The number of nitrogens with one attached hydrogen (secondary N) is 1. The number of likely N-dealkylation sites (tertiary alicyclic amines) is 1. The van der Waals surface area contributed by atoms with Crippen LogP contribution in [0.1, 0.15) is 25.7 Å². The summed E-state index contributed by atoms with van der Waals surface area (Å²) in [6.45, 7) is 3.45. The van der Waals surface area contributed by atoms with Crippen molar-refractivity contribution in [1.82, 2.24) is 10.2 Å². The van der Waals surface area contributed by atoms with Crippen molar-refractivity contribution >= 4 is 5.91 Å². The molecule has 2 atom stereocenters. The van der Waals surface area contributed by atoms with E-state index in [-0.39, 0.29) is 5.92 Å². The van der Waals surface area contributed by atoms with Gasteiger partial charge in [-0.15, -0.1) is 0 Å². The maximum Gasteiger partial charge on any atom is 0.227 e. The molecule has 0 unspecified atom stereocenters. The minimum absolute atomic E-state index is 0.206. The van der Waals surface area contributed by atoms with E-state index in [0.29, 0.717) is 18.6 Å². The summed E-state index contributed by atoms with van der Waals surface area (Å²) in [6.07, 6.45) is 4.46. The lowest BCUT2D eigenvalue weighted by Crippen LogP contribution is -2.48. The summed E-state index contributed by atoms with van der Waals surface area (Å²) in [4.78, 5) is 14.4. The Morgan fingerprint density at radius 3 is 3.00 bits per heavy atom. The third-order valence-corrected chi connectivity index (χ3v) is 3.68. The fraction of sp³-hybridized carbons (Fsp3) is 0.917. The minimum atomic E-state index is 0.206. The number of nitrogens with zero attached hydrogens (tertiary/aromatic N) is 1. The number of hydrogen-bond acceptors (Lipinski definition) is 3. The van der Waals surface area contributed by atoms with Crippen molar-refractivity contribution in [3.8, 4) is 0 Å². The largest absolute Gasteiger partial charge is 0.383 e. The van der Waals surface area contributed by atoms with Gasteiger partial charge in [-0.05, 0) is 32.2 Å². The van der Waals surface area contributed by atoms with E-state index < -0.39 is 0 Å². The molecule has 1 N–H and O–H groups in total. The summed E-state index contributed by atoms with van der Waals surface area (Å²) in [5.74, 6) is 0.546. The average Bonchev–Trinajstić information content (AvgIpc) is 2.83. The molecule has 1 amide bonds. The number of rotatable bonds is 3. The molecule has 0 saturated carbocycles. The van der Waals surface area contributed by atoms with Gasteiger partial charge in [0.15, 0.2) is 0 Å². The Kier molecular flexibility index (Phi) is 4.18. The number of hydrogen-bond donors (Lipinski definition) is 1. The Morgan fingerprint density at radius 1 is 1.44 bits per heavy atom. The Morgan fingerprint density at radius 2 is 2.31 bits per heavy atom. The van der Waals surface area contributed by atoms with Crippen LogP contribution in [0.25, 0.3) is 0 Å². The lowest BCUT2D eigenvalue weighted by atomic mass is 9.99. The summed E-state index contributed by atoms with van der Waals surface area (Å²) in [7, 11) is 1.72. The van der Waals surface area contributed by atoms with Crippen molar-refractivity contribution in [2.75, 3.05) is 33.4 Å². The predicted octanol–water partition coefficient (Wildman–Crippen LogP) is 0.623. The van der Waals surface area contributed by atoms with Crippen LogP contribution in [0.5, 0.6) is 0 Å². The van der Waals surface area contributed by atoms with Crippen LogP contribution >= 0.6 is 0 Å². The minimum Gasteiger partial charge on any atom is -0.383 e. The maximum atomic E-state index is 12.3. The molecule has 4 nitrogen and oxygen atoms in total. The molecule has 0 aliphatic carbocycles. The molecule has 4 heteroatoms. The highest BCUT2D eigenvalue weighted by Gasteiger charge is 2.32. The highest BCUT2D eigenvalue weighted by molar-refractivity contribution is 5.79. The number of piperidine rings is 1. The average molecular weight is 226 g/mol. The summed E-state index contributed by atoms with van der Waals surface area (Å²) < 4.78 is 5.21. The topological polar surface area (TPSA) is 41.6 Å². The van der Waals surface area contributed by atoms with E-state index >= 15 is 0 Å². The fourth-order valence-electron chi connectivity index (χ4n) is 2.76. The number of ether oxygens (including phenoxy) is 1. The summed E-state index contributed by atoms with van der Waals surface area (Å²) in [6, 6.07) is 0.312. The highest BCUT2D eigenvalue weighted by Crippen LogP contribution is 2.21. The number of methoxy groups -OCH3 is 1. The van der Waals surface area contributed by atoms with Crippen LogP contribution in [0, 0.1) is 5.92 Å². The van der Waals surface area contributed by atoms with Crippen LogP contribution in [0.15, 0.2) is 0 Å². The number of carbonyl (C=O) groups is 1. The van der Waals surface area contributed by atoms with Crippen molar-refractivity contribution < 1.29 is 9.53 Å². The maximum absolute atomic E-state index is 12.3. The Bertz CT molecular complexity index is 237. The van der Waals surface area contributed by atoms with Gasteiger partial charge in [-0.25, -0.2) is 0 Å². The molecule has 2 rings (SSSR count). The molecule has 0 radical (unpaired) electrons. The first-order valence-corrected chi connectivity index (χ1v) is 6.33. The monoisotopic (exact) mass is 226 g/mol. The van der Waals surface area contributed by atoms with E-state index in [1.165, 1.54) is 6.42 Å². The Balaban J connectivity index is 1.95. The zero-order valence-corrected chi connectivity index (χ0v) is 10.1. The molecule has 0 aromatic carbocycles. The molecule has 16 heavy (non-hydrogen) atoms. The SMILES string of the molecule is COC[C@H]1CCCCN1C(=O)[C@H]1CCNC1. The smallest absolute Gasteiger partial charge is 0.227 e. The second-order valence-electron chi connectivity index (χ2n) is 4.83. The fourth-order valence-corrected chi connectivity index (χ4v) is 2.76. The van der Waals surface area contributed by atoms with Crippen molar-refractivity contribution in [2.45, 2.75) is 31.7 Å². The van der Waals surface area contributed by atoms with E-state index in [4.69, 9.17) is 4.74 Å². The first-order valence-electron chi connectivity index (χ1n) is 6.33. The molecule has 0 spiro atoms. The molecular formula is C12H22N2O2. The van der Waals surface area contributed by atoms with Crippen LogP contribution in [0.4, 0.5) is 0 Å². The molecule has 2 aliphatic rings. The molecule has 92 valence electrons. The summed E-state index contributed by atoms with van der Waals surface area (Å²) >= 11 is 0. The molecule has 0 aromatic rings. The zero-order valence-electron chi connectivity index (χ0n) is 10.1. The lowest BCUT2D eigenvalue weighted by Gasteiger charge is -2.36. The zero-order chi connectivity index (χ0) is 11.4. The van der Waals surface area contributed by atoms with Gasteiger partial charge in [-0.1, -0.05) is 0 Å². The second kappa shape index (κ2) is 5.64. The van der Waals surface area contributed by atoms with E-state index in [1.54, 1.807) is 7.11 Å². The van der Waals surface area contributed by atoms with Crippen LogP contribution < -0.4 is 5.32 Å². The van der Waals surface area contributed by atoms with Crippen LogP contribution in [-0.2, 0) is 9.53 Å². The third kappa shape index (κ3) is 2.55. The summed E-state index contributed by atoms with van der Waals surface area (Å²) in [5, 5.41) is 3.26. The van der Waals surface area contributed by atoms with Gasteiger partial charge in [0, 0.05) is 20.2 Å². The van der Waals surface area contributed by atoms with Gasteiger partial charge >= 0.3 is 0 Å². The van der Waals surface area contributed by atoms with Gasteiger partial charge in [0.05, 0.1) is 18.6 Å². The molecule has 2 fully saturated rings. The Labute approximate surface area is 97.3 Å². The van der Waals surface area contributed by atoms with Gasteiger partial charge < -0.3 is 15.0 Å². The predicted molar refractivity (Wildman–Crippen MR) is 62.2 cm³/mol. The number of amides is 1. The van der Waals surface area contributed by atoms with Crippen molar-refractivity contribution in [3.05, 3.63) is 0 Å². The molecule has 2 saturated heterocycles. The van der Waals surface area contributed by atoms with E-state index in [1.807, 2.05) is 0 Å². The van der Waals surface area contributed by atoms with Gasteiger partial charge in [-0.3, -0.25) is 4.79 Å². The van der Waals surface area contributed by atoms with E-state index in [9.17, 15) is 4.79 Å². The van der Waals surface area contributed by atoms with Crippen LogP contribution in [-0.4, -0.2) is 50.2 Å². The third-order valence-electron chi connectivity index (χ3n) is 3.68. The quantitative estimate of drug-likeness (QED) is 0.767. The van der Waals surface area contributed by atoms with Crippen LogP contribution in [0.3, 0.4) is 0 Å². The van der Waals surface area contributed by atoms with Crippen LogP contribution in [0.2, 0.25) is 0 Å². The normalized spacial score (nSPS) is 30.7. The Hall–Kier alpha value is -0.610. The number of carbonyl (C=O) groups excluding carboxylic acids is 1. The standard InChI is InChI=1S/C12H22N2O2/c1-16-9-11-4-2-3-7-14(11)12(15)10-5-6-13-8-10/h10-11,13H,2-9H2,1H3/t10-,11+/m0/s1.